The number of hydrogen-bond donors (Lipinski definition) is 6. The number of aliphatic hydroxyl groups excluding tert-OH is 2. The number of benzene rings is 2. The molecule has 0 aliphatic rings. The maximum atomic E-state index is 14.0. The molecule has 4 aromatic rings. The Kier molecular flexibility index (Phi) is 16.8. The van der Waals surface area contributed by atoms with E-state index in [-0.39, 0.29) is 37.8 Å². The van der Waals surface area contributed by atoms with Gasteiger partial charge in [-0.3, -0.25) is 9.59 Å². The molecule has 14 nitrogen and oxygen atoms in total. The summed E-state index contributed by atoms with van der Waals surface area (Å²) in [6, 6.07) is 13.4. The molecule has 56 heavy (non-hydrogen) atoms. The molecule has 4 rings (SSSR count). The normalized spacial score (nSPS) is 14.5. The van der Waals surface area contributed by atoms with Gasteiger partial charge in [-0.2, -0.15) is 0 Å². The van der Waals surface area contributed by atoms with Crippen molar-refractivity contribution in [1.29, 1.82) is 0 Å². The third kappa shape index (κ3) is 13.1. The van der Waals surface area contributed by atoms with Gasteiger partial charge in [0.2, 0.25) is 11.8 Å². The first kappa shape index (κ1) is 43.8. The molecular formula is C40H54N8O6S2. The van der Waals surface area contributed by atoms with Gasteiger partial charge in [0, 0.05) is 37.2 Å². The van der Waals surface area contributed by atoms with Gasteiger partial charge in [-0.15, -0.1) is 22.7 Å². The third-order valence-electron chi connectivity index (χ3n) is 9.29. The van der Waals surface area contributed by atoms with Gasteiger partial charge < -0.3 is 41.3 Å². The van der Waals surface area contributed by atoms with Gasteiger partial charge >= 0.3 is 12.1 Å². The lowest BCUT2D eigenvalue weighted by Gasteiger charge is -2.35. The Labute approximate surface area is 336 Å². The molecule has 6 N–H and O–H groups in total. The predicted octanol–water partition coefficient (Wildman–Crippen LogP) is 3.81. The van der Waals surface area contributed by atoms with E-state index >= 15 is 0 Å². The quantitative estimate of drug-likeness (QED) is 0.0826. The summed E-state index contributed by atoms with van der Waals surface area (Å²) >= 11 is 2.83. The van der Waals surface area contributed by atoms with Gasteiger partial charge in [-0.05, 0) is 35.8 Å². The first-order chi connectivity index (χ1) is 26.7. The average molecular weight is 807 g/mol. The molecule has 2 aromatic carbocycles. The number of rotatable bonds is 19. The van der Waals surface area contributed by atoms with Crippen LogP contribution in [0.5, 0.6) is 0 Å². The standard InChI is InChI=1S/C40H54N8O6S2/c1-25(2)33(45-39(53)47(5)23-31-41-17-19-55-31)37(51)43-29(21-27-13-9-7-10-14-27)35(49)36(50)30(22-28-15-11-8-12-16-28)44-38(52)34(26(3)4)46-40(54)48(6)24-32-42-18-20-56-32/h7-20,25-26,29-30,33-36,49-50H,21-24H2,1-6H3,(H,43,51)(H,44,52)(H,45,53)(H,46,54)/t29-,30-,33-,34+,35+,36-/m0/s1. The van der Waals surface area contributed by atoms with Crippen LogP contribution in [0.1, 0.15) is 48.8 Å². The van der Waals surface area contributed by atoms with Gasteiger partial charge in [0.15, 0.2) is 0 Å². The van der Waals surface area contributed by atoms with Crippen molar-refractivity contribution in [1.82, 2.24) is 41.0 Å². The molecule has 6 amide bonds. The van der Waals surface area contributed by atoms with E-state index < -0.39 is 60.3 Å². The second kappa shape index (κ2) is 21.4. The van der Waals surface area contributed by atoms with E-state index in [9.17, 15) is 29.4 Å². The summed E-state index contributed by atoms with van der Waals surface area (Å²) in [5, 5.41) is 40.5. The minimum Gasteiger partial charge on any atom is -0.388 e. The van der Waals surface area contributed by atoms with Crippen LogP contribution in [0, 0.1) is 11.8 Å². The van der Waals surface area contributed by atoms with Crippen molar-refractivity contribution in [2.75, 3.05) is 14.1 Å². The highest BCUT2D eigenvalue weighted by molar-refractivity contribution is 7.09. The second-order valence-electron chi connectivity index (χ2n) is 14.5. The molecule has 0 fully saturated rings. The summed E-state index contributed by atoms with van der Waals surface area (Å²) in [5.74, 6) is -1.76. The topological polar surface area (TPSA) is 189 Å². The van der Waals surface area contributed by atoms with E-state index in [0.29, 0.717) is 0 Å². The van der Waals surface area contributed by atoms with E-state index in [1.54, 1.807) is 54.2 Å². The van der Waals surface area contributed by atoms with Crippen LogP contribution in [0.4, 0.5) is 9.59 Å². The van der Waals surface area contributed by atoms with E-state index in [1.165, 1.54) is 32.5 Å². The van der Waals surface area contributed by atoms with Crippen LogP contribution >= 0.6 is 22.7 Å². The van der Waals surface area contributed by atoms with Crippen LogP contribution in [-0.4, -0.2) is 104 Å². The summed E-state index contributed by atoms with van der Waals surface area (Å²) in [6.07, 6.45) is 0.418. The number of urea groups is 2. The van der Waals surface area contributed by atoms with Crippen LogP contribution < -0.4 is 21.3 Å². The Morgan fingerprint density at radius 2 is 0.964 bits per heavy atom. The number of thiazole rings is 2. The second-order valence-corrected chi connectivity index (χ2v) is 16.5. The summed E-state index contributed by atoms with van der Waals surface area (Å²) in [7, 11) is 3.23. The Bertz CT molecular complexity index is 1670. The summed E-state index contributed by atoms with van der Waals surface area (Å²) in [5.41, 5.74) is 1.57. The minimum absolute atomic E-state index is 0.135. The molecule has 2 aromatic heterocycles. The Morgan fingerprint density at radius 1 is 0.607 bits per heavy atom. The monoisotopic (exact) mass is 806 g/mol. The lowest BCUT2D eigenvalue weighted by atomic mass is 9.90. The first-order valence-electron chi connectivity index (χ1n) is 18.6. The van der Waals surface area contributed by atoms with Gasteiger partial charge in [0.1, 0.15) is 34.3 Å². The molecule has 6 atom stereocenters. The number of carbonyl (C=O) groups excluding carboxylic acids is 4. The highest BCUT2D eigenvalue weighted by atomic mass is 32.1. The van der Waals surface area contributed by atoms with Crippen molar-refractivity contribution >= 4 is 46.6 Å². The fourth-order valence-corrected chi connectivity index (χ4v) is 7.38. The molecule has 0 aliphatic heterocycles. The summed E-state index contributed by atoms with van der Waals surface area (Å²) < 4.78 is 0. The minimum atomic E-state index is -1.58. The van der Waals surface area contributed by atoms with Crippen LogP contribution in [0.15, 0.2) is 83.8 Å². The molecule has 16 heteroatoms. The summed E-state index contributed by atoms with van der Waals surface area (Å²) in [6.45, 7) is 7.72. The van der Waals surface area contributed by atoms with Crippen LogP contribution in [0.25, 0.3) is 0 Å². The highest BCUT2D eigenvalue weighted by Crippen LogP contribution is 2.17. The lowest BCUT2D eigenvalue weighted by molar-refractivity contribution is -0.129. The van der Waals surface area contributed by atoms with Crippen molar-refractivity contribution in [3.8, 4) is 0 Å². The van der Waals surface area contributed by atoms with E-state index in [2.05, 4.69) is 31.2 Å². The molecule has 0 radical (unpaired) electrons. The zero-order valence-corrected chi connectivity index (χ0v) is 34.3. The predicted molar refractivity (Wildman–Crippen MR) is 218 cm³/mol. The Balaban J connectivity index is 1.56. The SMILES string of the molecule is CC(C)[C@H](NC(=O)N(C)Cc1nccs1)C(=O)N[C@@H](Cc1ccccc1)[C@@H](O)[C@@H](O)[C@H](Cc1ccccc1)NC(=O)[C@H](NC(=O)N(C)Cc1nccs1)C(C)C. The number of aliphatic hydroxyl groups is 2. The number of nitrogens with one attached hydrogen (secondary N) is 4. The molecule has 0 saturated heterocycles. The molecular weight excluding hydrogens is 753 g/mol. The van der Waals surface area contributed by atoms with Gasteiger partial charge in [0.25, 0.3) is 0 Å². The zero-order chi connectivity index (χ0) is 40.8. The molecule has 0 spiro atoms. The fraction of sp³-hybridized carbons (Fsp3) is 0.450. The van der Waals surface area contributed by atoms with E-state index in [0.717, 1.165) is 21.1 Å². The van der Waals surface area contributed by atoms with Crippen LogP contribution in [0.2, 0.25) is 0 Å². The number of hydrogen-bond acceptors (Lipinski definition) is 10. The maximum Gasteiger partial charge on any atom is 0.318 e. The van der Waals surface area contributed by atoms with Gasteiger partial charge in [0.05, 0.1) is 25.2 Å². The molecule has 0 aliphatic carbocycles. The van der Waals surface area contributed by atoms with Crippen LogP contribution in [-0.2, 0) is 35.5 Å². The Morgan fingerprint density at radius 3 is 1.27 bits per heavy atom. The van der Waals surface area contributed by atoms with Crippen molar-refractivity contribution in [3.05, 3.63) is 105 Å². The van der Waals surface area contributed by atoms with E-state index in [4.69, 9.17) is 0 Å². The molecule has 0 saturated carbocycles. The number of amides is 6. The average Bonchev–Trinajstić information content (AvgIpc) is 3.90. The van der Waals surface area contributed by atoms with Crippen molar-refractivity contribution in [3.63, 3.8) is 0 Å². The lowest BCUT2D eigenvalue weighted by Crippen LogP contribution is -2.62. The van der Waals surface area contributed by atoms with Crippen molar-refractivity contribution in [2.45, 2.75) is 90.0 Å². The summed E-state index contributed by atoms with van der Waals surface area (Å²) in [4.78, 5) is 65.7. The Hall–Kier alpha value is -4.90. The van der Waals surface area contributed by atoms with Crippen LogP contribution in [0.3, 0.4) is 0 Å². The third-order valence-corrected chi connectivity index (χ3v) is 10.8. The molecule has 2 heterocycles. The highest BCUT2D eigenvalue weighted by Gasteiger charge is 2.38. The number of aromatic nitrogens is 2. The fourth-order valence-electron chi connectivity index (χ4n) is 6.04. The van der Waals surface area contributed by atoms with Gasteiger partial charge in [-0.1, -0.05) is 88.4 Å². The number of nitrogens with zero attached hydrogens (tertiary/aromatic N) is 4. The zero-order valence-electron chi connectivity index (χ0n) is 32.7. The smallest absolute Gasteiger partial charge is 0.318 e. The molecule has 0 unspecified atom stereocenters. The largest absolute Gasteiger partial charge is 0.388 e. The maximum absolute atomic E-state index is 14.0. The molecule has 302 valence electrons. The van der Waals surface area contributed by atoms with Crippen molar-refractivity contribution < 1.29 is 29.4 Å². The number of carbonyl (C=O) groups is 4. The van der Waals surface area contributed by atoms with Crippen molar-refractivity contribution in [2.24, 2.45) is 11.8 Å². The van der Waals surface area contributed by atoms with Gasteiger partial charge in [-0.25, -0.2) is 19.6 Å². The van der Waals surface area contributed by atoms with E-state index in [1.807, 2.05) is 71.4 Å². The molecule has 0 bridgehead atoms. The first-order valence-corrected chi connectivity index (χ1v) is 20.3.